The average Bonchev–Trinajstić information content (AvgIpc) is 2.99. The van der Waals surface area contributed by atoms with Crippen LogP contribution in [-0.4, -0.2) is 41.9 Å². The average molecular weight is 561 g/mol. The lowest BCUT2D eigenvalue weighted by molar-refractivity contribution is -0.147. The van der Waals surface area contributed by atoms with E-state index in [9.17, 15) is 9.59 Å². The third-order valence-electron chi connectivity index (χ3n) is 7.59. The van der Waals surface area contributed by atoms with Crippen molar-refractivity contribution in [1.82, 2.24) is 10.2 Å². The van der Waals surface area contributed by atoms with Gasteiger partial charge in [-0.2, -0.15) is 0 Å². The Bertz CT molecular complexity index is 1130. The standard InChI is InChI=1S/C30H39Cl2N3O3/c1-5-34(6-2)24-12-13-25-26(17-24)38-28(19(3)4)30(37)35(18-20-14-21(31)16-22(32)15-20)27(25)29(36)33-23-10-8-7-9-11-23/h12-17,19,23,27-28H,5-11,18H2,1-4H3,(H,33,36). The second kappa shape index (κ2) is 12.6. The molecule has 1 aliphatic heterocycles. The molecule has 2 amide bonds. The Kier molecular flexibility index (Phi) is 9.48. The van der Waals surface area contributed by atoms with Crippen LogP contribution in [0.2, 0.25) is 10.0 Å². The third kappa shape index (κ3) is 6.40. The van der Waals surface area contributed by atoms with Crippen LogP contribution in [-0.2, 0) is 16.1 Å². The predicted molar refractivity (Wildman–Crippen MR) is 154 cm³/mol. The maximum atomic E-state index is 14.1. The minimum atomic E-state index is -0.841. The summed E-state index contributed by atoms with van der Waals surface area (Å²) in [5.41, 5.74) is 2.46. The number of nitrogens with zero attached hydrogens (tertiary/aromatic N) is 2. The molecule has 2 atom stereocenters. The molecule has 1 aliphatic carbocycles. The van der Waals surface area contributed by atoms with Crippen LogP contribution in [0.25, 0.3) is 0 Å². The van der Waals surface area contributed by atoms with Crippen LogP contribution in [0.1, 0.15) is 77.0 Å². The normalized spacial score (nSPS) is 20.1. The summed E-state index contributed by atoms with van der Waals surface area (Å²) in [6, 6.07) is 10.4. The molecule has 0 bridgehead atoms. The van der Waals surface area contributed by atoms with Crippen molar-refractivity contribution in [2.24, 2.45) is 5.92 Å². The fourth-order valence-electron chi connectivity index (χ4n) is 5.58. The van der Waals surface area contributed by atoms with Gasteiger partial charge < -0.3 is 19.9 Å². The van der Waals surface area contributed by atoms with Gasteiger partial charge in [0, 0.05) is 53.0 Å². The van der Waals surface area contributed by atoms with Gasteiger partial charge in [0.1, 0.15) is 11.8 Å². The summed E-state index contributed by atoms with van der Waals surface area (Å²) >= 11 is 12.6. The third-order valence-corrected chi connectivity index (χ3v) is 8.03. The first-order valence-corrected chi connectivity index (χ1v) is 14.6. The van der Waals surface area contributed by atoms with Crippen molar-refractivity contribution in [1.29, 1.82) is 0 Å². The second-order valence-electron chi connectivity index (χ2n) is 10.7. The Morgan fingerprint density at radius 1 is 1.05 bits per heavy atom. The topological polar surface area (TPSA) is 61.9 Å². The van der Waals surface area contributed by atoms with Crippen molar-refractivity contribution >= 4 is 40.7 Å². The fourth-order valence-corrected chi connectivity index (χ4v) is 6.15. The van der Waals surface area contributed by atoms with Gasteiger partial charge in [-0.05, 0) is 62.4 Å². The van der Waals surface area contributed by atoms with Crippen LogP contribution in [0, 0.1) is 5.92 Å². The molecule has 0 aromatic heterocycles. The molecule has 1 fully saturated rings. The molecule has 2 aromatic rings. The van der Waals surface area contributed by atoms with Crippen molar-refractivity contribution in [3.05, 3.63) is 57.6 Å². The number of ether oxygens (including phenoxy) is 1. The van der Waals surface area contributed by atoms with Gasteiger partial charge in [0.05, 0.1) is 0 Å². The van der Waals surface area contributed by atoms with Crippen molar-refractivity contribution in [2.45, 2.75) is 84.5 Å². The quantitative estimate of drug-likeness (QED) is 0.387. The lowest BCUT2D eigenvalue weighted by Crippen LogP contribution is -2.49. The summed E-state index contributed by atoms with van der Waals surface area (Å²) in [5.74, 6) is 0.0821. The lowest BCUT2D eigenvalue weighted by atomic mass is 9.94. The van der Waals surface area contributed by atoms with Crippen LogP contribution in [0.3, 0.4) is 0 Å². The molecule has 2 aliphatic rings. The molecule has 206 valence electrons. The van der Waals surface area contributed by atoms with E-state index in [-0.39, 0.29) is 30.3 Å². The Morgan fingerprint density at radius 3 is 2.32 bits per heavy atom. The molecule has 6 nitrogen and oxygen atoms in total. The number of anilines is 1. The van der Waals surface area contributed by atoms with Gasteiger partial charge >= 0.3 is 0 Å². The summed E-state index contributed by atoms with van der Waals surface area (Å²) in [5, 5.41) is 4.24. The number of nitrogens with one attached hydrogen (secondary N) is 1. The molecule has 0 radical (unpaired) electrons. The van der Waals surface area contributed by atoms with E-state index in [0.717, 1.165) is 50.0 Å². The highest BCUT2D eigenvalue weighted by atomic mass is 35.5. The molecule has 4 rings (SSSR count). The molecular weight excluding hydrogens is 521 g/mol. The highest BCUT2D eigenvalue weighted by Crippen LogP contribution is 2.39. The molecule has 8 heteroatoms. The summed E-state index contributed by atoms with van der Waals surface area (Å²) in [4.78, 5) is 32.0. The number of halogens is 2. The first-order chi connectivity index (χ1) is 18.2. The van der Waals surface area contributed by atoms with Crippen LogP contribution in [0.4, 0.5) is 5.69 Å². The van der Waals surface area contributed by atoms with E-state index in [2.05, 4.69) is 24.1 Å². The molecule has 0 spiro atoms. The number of hydrogen-bond donors (Lipinski definition) is 1. The Labute approximate surface area is 236 Å². The van der Waals surface area contributed by atoms with E-state index in [1.807, 2.05) is 32.0 Å². The SMILES string of the molecule is CCN(CC)c1ccc2c(c1)OC(C(C)C)C(=O)N(Cc1cc(Cl)cc(Cl)c1)C2C(=O)NC1CCCCC1. The van der Waals surface area contributed by atoms with E-state index in [1.165, 1.54) is 6.42 Å². The van der Waals surface area contributed by atoms with Gasteiger partial charge in [0.15, 0.2) is 6.10 Å². The van der Waals surface area contributed by atoms with E-state index >= 15 is 0 Å². The zero-order valence-corrected chi connectivity index (χ0v) is 24.3. The first-order valence-electron chi connectivity index (χ1n) is 13.8. The van der Waals surface area contributed by atoms with Crippen molar-refractivity contribution in [3.63, 3.8) is 0 Å². The van der Waals surface area contributed by atoms with Crippen LogP contribution < -0.4 is 15.0 Å². The van der Waals surface area contributed by atoms with Gasteiger partial charge in [-0.25, -0.2) is 0 Å². The number of rotatable bonds is 8. The largest absolute Gasteiger partial charge is 0.480 e. The fraction of sp³-hybridized carbons (Fsp3) is 0.533. The maximum absolute atomic E-state index is 14.1. The molecular formula is C30H39Cl2N3O3. The molecule has 38 heavy (non-hydrogen) atoms. The predicted octanol–water partition coefficient (Wildman–Crippen LogP) is 6.78. The van der Waals surface area contributed by atoms with E-state index < -0.39 is 12.1 Å². The van der Waals surface area contributed by atoms with Gasteiger partial charge in [-0.1, -0.05) is 62.4 Å². The number of carbonyl (C=O) groups is 2. The summed E-state index contributed by atoms with van der Waals surface area (Å²) in [6.45, 7) is 10.0. The van der Waals surface area contributed by atoms with E-state index in [1.54, 1.807) is 23.1 Å². The number of amides is 2. The minimum Gasteiger partial charge on any atom is -0.480 e. The molecule has 2 unspecified atom stereocenters. The summed E-state index contributed by atoms with van der Waals surface area (Å²) in [7, 11) is 0. The van der Waals surface area contributed by atoms with Crippen molar-refractivity contribution in [2.75, 3.05) is 18.0 Å². The van der Waals surface area contributed by atoms with E-state index in [4.69, 9.17) is 27.9 Å². The zero-order chi connectivity index (χ0) is 27.4. The smallest absolute Gasteiger partial charge is 0.265 e. The maximum Gasteiger partial charge on any atom is 0.265 e. The monoisotopic (exact) mass is 559 g/mol. The molecule has 1 saturated carbocycles. The molecule has 1 N–H and O–H groups in total. The number of carbonyl (C=O) groups excluding carboxylic acids is 2. The highest BCUT2D eigenvalue weighted by Gasteiger charge is 2.42. The number of fused-ring (bicyclic) bond motifs is 1. The van der Waals surface area contributed by atoms with Crippen LogP contribution >= 0.6 is 23.2 Å². The Morgan fingerprint density at radius 2 is 1.71 bits per heavy atom. The minimum absolute atomic E-state index is 0.0990. The number of hydrogen-bond acceptors (Lipinski definition) is 4. The molecule has 2 aromatic carbocycles. The van der Waals surface area contributed by atoms with Gasteiger partial charge in [-0.15, -0.1) is 0 Å². The lowest BCUT2D eigenvalue weighted by Gasteiger charge is -2.33. The molecule has 0 saturated heterocycles. The van der Waals surface area contributed by atoms with Crippen molar-refractivity contribution < 1.29 is 14.3 Å². The van der Waals surface area contributed by atoms with Crippen LogP contribution in [0.5, 0.6) is 5.75 Å². The summed E-state index contributed by atoms with van der Waals surface area (Å²) < 4.78 is 6.45. The first kappa shape index (κ1) is 28.6. The van der Waals surface area contributed by atoms with Gasteiger partial charge in [0.2, 0.25) is 5.91 Å². The van der Waals surface area contributed by atoms with Crippen LogP contribution in [0.15, 0.2) is 36.4 Å². The second-order valence-corrected chi connectivity index (χ2v) is 11.5. The summed E-state index contributed by atoms with van der Waals surface area (Å²) in [6.07, 6.45) is 4.56. The van der Waals surface area contributed by atoms with E-state index in [0.29, 0.717) is 21.4 Å². The van der Waals surface area contributed by atoms with Crippen molar-refractivity contribution in [3.8, 4) is 5.75 Å². The van der Waals surface area contributed by atoms with Gasteiger partial charge in [0.25, 0.3) is 5.91 Å². The Balaban J connectivity index is 1.82. The Hall–Kier alpha value is -2.44. The highest BCUT2D eigenvalue weighted by molar-refractivity contribution is 6.34. The van der Waals surface area contributed by atoms with Gasteiger partial charge in [-0.3, -0.25) is 9.59 Å². The zero-order valence-electron chi connectivity index (χ0n) is 22.8. The number of benzene rings is 2. The molecule has 1 heterocycles.